The zero-order chi connectivity index (χ0) is 20.9. The molecule has 0 radical (unpaired) electrons. The molecular formula is C23H49NO3P+. The van der Waals surface area contributed by atoms with Crippen LogP contribution in [-0.4, -0.2) is 48.8 Å². The molecule has 1 atom stereocenters. The summed E-state index contributed by atoms with van der Waals surface area (Å²) in [6.45, 7) is 3.11. The molecule has 0 aromatic carbocycles. The van der Waals surface area contributed by atoms with E-state index in [0.29, 0.717) is 6.61 Å². The van der Waals surface area contributed by atoms with Crippen LogP contribution in [0.5, 0.6) is 0 Å². The minimum absolute atomic E-state index is 0.354. The predicted octanol–water partition coefficient (Wildman–Crippen LogP) is 6.91. The van der Waals surface area contributed by atoms with Gasteiger partial charge in [0.05, 0.1) is 26.3 Å². The number of rotatable bonds is 5. The molecule has 168 valence electrons. The van der Waals surface area contributed by atoms with Crippen molar-refractivity contribution in [3.05, 3.63) is 0 Å². The average Bonchev–Trinajstić information content (AvgIpc) is 2.59. The predicted molar refractivity (Wildman–Crippen MR) is 121 cm³/mol. The third kappa shape index (κ3) is 11.3. The molecule has 1 saturated carbocycles. The molecule has 0 aromatic heterocycles. The van der Waals surface area contributed by atoms with Crippen LogP contribution in [0, 0.1) is 0 Å². The van der Waals surface area contributed by atoms with Gasteiger partial charge in [0.15, 0.2) is 0 Å². The summed E-state index contributed by atoms with van der Waals surface area (Å²) in [5, 5.41) is -0.591. The van der Waals surface area contributed by atoms with Crippen LogP contribution in [-0.2, 0) is 9.09 Å². The van der Waals surface area contributed by atoms with Gasteiger partial charge in [-0.1, -0.05) is 89.9 Å². The maximum absolute atomic E-state index is 13.2. The van der Waals surface area contributed by atoms with Gasteiger partial charge in [0.1, 0.15) is 13.2 Å². The molecule has 1 rings (SSSR count). The molecule has 4 nitrogen and oxygen atoms in total. The molecule has 1 N–H and O–H groups in total. The van der Waals surface area contributed by atoms with Crippen LogP contribution < -0.4 is 0 Å². The Morgan fingerprint density at radius 2 is 1.07 bits per heavy atom. The second-order valence-electron chi connectivity index (χ2n) is 10.3. The number of nitrogens with zero attached hydrogens (tertiary/aromatic N) is 1. The highest BCUT2D eigenvalue weighted by molar-refractivity contribution is 7.54. The fourth-order valence-electron chi connectivity index (χ4n) is 4.13. The molecule has 1 aliphatic carbocycles. The average molecular weight is 419 g/mol. The van der Waals surface area contributed by atoms with E-state index in [1.165, 1.54) is 77.0 Å². The van der Waals surface area contributed by atoms with E-state index in [-0.39, 0.29) is 0 Å². The standard InChI is InChI=1S/C23H48NO3P/c1-23(28(25,26)27-22-21-24(2,3)4)19-17-15-13-11-9-7-5-6-8-10-12-14-16-18-20-23/h5-22H2,1-4H3/p+1. The first-order valence-corrected chi connectivity index (χ1v) is 13.5. The molecule has 0 heterocycles. The first-order chi connectivity index (χ1) is 13.2. The van der Waals surface area contributed by atoms with Crippen LogP contribution in [0.1, 0.15) is 110 Å². The van der Waals surface area contributed by atoms with Crippen molar-refractivity contribution in [2.24, 2.45) is 0 Å². The minimum Gasteiger partial charge on any atom is -0.329 e. The van der Waals surface area contributed by atoms with Crippen LogP contribution >= 0.6 is 7.60 Å². The molecule has 0 amide bonds. The smallest absolute Gasteiger partial charge is 0.329 e. The lowest BCUT2D eigenvalue weighted by Gasteiger charge is -2.34. The third-order valence-electron chi connectivity index (χ3n) is 6.39. The summed E-state index contributed by atoms with van der Waals surface area (Å²) in [6, 6.07) is 0. The molecule has 1 unspecified atom stereocenters. The third-order valence-corrected chi connectivity index (χ3v) is 8.74. The van der Waals surface area contributed by atoms with Gasteiger partial charge in [-0.2, -0.15) is 0 Å². The van der Waals surface area contributed by atoms with E-state index in [2.05, 4.69) is 21.1 Å². The lowest BCUT2D eigenvalue weighted by molar-refractivity contribution is -0.870. The van der Waals surface area contributed by atoms with Crippen molar-refractivity contribution in [1.82, 2.24) is 0 Å². The van der Waals surface area contributed by atoms with Crippen molar-refractivity contribution in [2.45, 2.75) is 115 Å². The van der Waals surface area contributed by atoms with Crippen LogP contribution in [0.15, 0.2) is 0 Å². The van der Waals surface area contributed by atoms with Crippen LogP contribution in [0.3, 0.4) is 0 Å². The molecule has 0 aliphatic heterocycles. The largest absolute Gasteiger partial charge is 0.334 e. The topological polar surface area (TPSA) is 46.5 Å². The molecule has 0 bridgehead atoms. The molecule has 0 spiro atoms. The van der Waals surface area contributed by atoms with Crippen molar-refractivity contribution in [1.29, 1.82) is 0 Å². The van der Waals surface area contributed by atoms with Gasteiger partial charge in [-0.05, 0) is 19.8 Å². The van der Waals surface area contributed by atoms with Crippen molar-refractivity contribution in [3.63, 3.8) is 0 Å². The number of quaternary nitrogens is 1. The van der Waals surface area contributed by atoms with E-state index in [1.54, 1.807) is 0 Å². The Bertz CT molecular complexity index is 430. The van der Waals surface area contributed by atoms with Crippen molar-refractivity contribution < 1.29 is 18.5 Å². The van der Waals surface area contributed by atoms with Gasteiger partial charge in [-0.3, -0.25) is 4.57 Å². The van der Waals surface area contributed by atoms with Gasteiger partial charge < -0.3 is 13.9 Å². The van der Waals surface area contributed by atoms with Gasteiger partial charge in [0, 0.05) is 0 Å². The first-order valence-electron chi connectivity index (χ1n) is 11.9. The van der Waals surface area contributed by atoms with E-state index in [4.69, 9.17) is 4.52 Å². The van der Waals surface area contributed by atoms with Gasteiger partial charge in [-0.15, -0.1) is 0 Å². The molecular weight excluding hydrogens is 369 g/mol. The van der Waals surface area contributed by atoms with E-state index < -0.39 is 12.8 Å². The monoisotopic (exact) mass is 418 g/mol. The van der Waals surface area contributed by atoms with Gasteiger partial charge in [0.25, 0.3) is 0 Å². The van der Waals surface area contributed by atoms with E-state index >= 15 is 0 Å². The van der Waals surface area contributed by atoms with Crippen molar-refractivity contribution in [2.75, 3.05) is 34.3 Å². The molecule has 1 aliphatic rings. The maximum Gasteiger partial charge on any atom is 0.334 e. The van der Waals surface area contributed by atoms with Crippen LogP contribution in [0.2, 0.25) is 0 Å². The van der Waals surface area contributed by atoms with Gasteiger partial charge >= 0.3 is 7.60 Å². The molecule has 0 aromatic rings. The van der Waals surface area contributed by atoms with E-state index in [1.807, 2.05) is 6.92 Å². The highest BCUT2D eigenvalue weighted by atomic mass is 31.2. The minimum atomic E-state index is -3.62. The zero-order valence-electron chi connectivity index (χ0n) is 19.4. The normalized spacial score (nSPS) is 24.2. The Kier molecular flexibility index (Phi) is 12.5. The maximum atomic E-state index is 13.2. The highest BCUT2D eigenvalue weighted by Crippen LogP contribution is 2.59. The zero-order valence-corrected chi connectivity index (χ0v) is 20.3. The fourth-order valence-corrected chi connectivity index (χ4v) is 5.66. The Morgan fingerprint density at radius 3 is 1.39 bits per heavy atom. The number of likely N-dealkylation sites (N-methyl/N-ethyl adjacent to an activating group) is 1. The molecule has 5 heteroatoms. The Morgan fingerprint density at radius 1 is 0.750 bits per heavy atom. The summed E-state index contributed by atoms with van der Waals surface area (Å²) in [5.74, 6) is 0. The Hall–Kier alpha value is 0.110. The lowest BCUT2D eigenvalue weighted by atomic mass is 9.95. The second-order valence-corrected chi connectivity index (χ2v) is 12.7. The summed E-state index contributed by atoms with van der Waals surface area (Å²) >= 11 is 0. The molecule has 0 saturated heterocycles. The number of hydrogen-bond donors (Lipinski definition) is 1. The highest BCUT2D eigenvalue weighted by Gasteiger charge is 2.43. The van der Waals surface area contributed by atoms with Crippen LogP contribution in [0.4, 0.5) is 0 Å². The Balaban J connectivity index is 2.63. The Labute approximate surface area is 175 Å². The molecule has 1 fully saturated rings. The van der Waals surface area contributed by atoms with E-state index in [0.717, 1.165) is 36.7 Å². The fraction of sp³-hybridized carbons (Fsp3) is 1.00. The molecule has 28 heavy (non-hydrogen) atoms. The summed E-state index contributed by atoms with van der Waals surface area (Å²) in [6.07, 6.45) is 19.5. The summed E-state index contributed by atoms with van der Waals surface area (Å²) in [5.41, 5.74) is 0. The number of hydrogen-bond acceptors (Lipinski definition) is 2. The summed E-state index contributed by atoms with van der Waals surface area (Å²) in [7, 11) is 2.63. The van der Waals surface area contributed by atoms with Gasteiger partial charge in [0.2, 0.25) is 0 Å². The first kappa shape index (κ1) is 26.1. The quantitative estimate of drug-likeness (QED) is 0.390. The van der Waals surface area contributed by atoms with Crippen molar-refractivity contribution in [3.8, 4) is 0 Å². The second kappa shape index (κ2) is 13.4. The van der Waals surface area contributed by atoms with E-state index in [9.17, 15) is 9.46 Å². The van der Waals surface area contributed by atoms with Gasteiger partial charge in [-0.25, -0.2) is 0 Å². The summed E-state index contributed by atoms with van der Waals surface area (Å²) < 4.78 is 19.6. The van der Waals surface area contributed by atoms with Crippen LogP contribution in [0.25, 0.3) is 0 Å². The van der Waals surface area contributed by atoms with Crippen molar-refractivity contribution >= 4 is 7.60 Å². The summed E-state index contributed by atoms with van der Waals surface area (Å²) in [4.78, 5) is 10.8. The lowest BCUT2D eigenvalue weighted by Crippen LogP contribution is -2.38. The SMILES string of the molecule is CC1(P(=O)(O)OCC[N+](C)(C)C)CCCCCCCCCCCCCCCC1.